The first kappa shape index (κ1) is 18.2. The van der Waals surface area contributed by atoms with E-state index in [0.717, 1.165) is 29.9 Å². The molecular formula is C16H27N3O3. The Bertz CT molecular complexity index is 521. The highest BCUT2D eigenvalue weighted by Gasteiger charge is 2.17. The van der Waals surface area contributed by atoms with Crippen LogP contribution in [0.1, 0.15) is 44.1 Å². The number of amides is 1. The van der Waals surface area contributed by atoms with Crippen molar-refractivity contribution in [3.05, 3.63) is 17.0 Å². The zero-order chi connectivity index (χ0) is 16.7. The van der Waals surface area contributed by atoms with Gasteiger partial charge in [-0.15, -0.1) is 0 Å². The van der Waals surface area contributed by atoms with Gasteiger partial charge in [-0.1, -0.05) is 20.8 Å². The first-order chi connectivity index (χ1) is 10.3. The van der Waals surface area contributed by atoms with Gasteiger partial charge in [-0.3, -0.25) is 14.3 Å². The third-order valence-corrected chi connectivity index (χ3v) is 3.33. The summed E-state index contributed by atoms with van der Waals surface area (Å²) < 4.78 is 6.94. The van der Waals surface area contributed by atoms with E-state index in [1.807, 2.05) is 25.5 Å². The van der Waals surface area contributed by atoms with Crippen LogP contribution in [0.2, 0.25) is 0 Å². The molecule has 0 spiro atoms. The second kappa shape index (κ2) is 8.56. The summed E-state index contributed by atoms with van der Waals surface area (Å²) in [6.45, 7) is 11.2. The monoisotopic (exact) mass is 309 g/mol. The molecule has 0 fully saturated rings. The fraction of sp³-hybridized carbons (Fsp3) is 0.688. The lowest BCUT2D eigenvalue weighted by atomic mass is 10.1. The summed E-state index contributed by atoms with van der Waals surface area (Å²) in [5, 5.41) is 7.14. The highest BCUT2D eigenvalue weighted by atomic mass is 16.5. The number of nitrogens with one attached hydrogen (secondary N) is 1. The van der Waals surface area contributed by atoms with E-state index in [1.165, 1.54) is 0 Å². The van der Waals surface area contributed by atoms with Crippen molar-refractivity contribution < 1.29 is 14.3 Å². The number of hydrogen-bond acceptors (Lipinski definition) is 4. The van der Waals surface area contributed by atoms with Crippen LogP contribution in [0.25, 0.3) is 0 Å². The lowest BCUT2D eigenvalue weighted by molar-refractivity contribution is -0.147. The zero-order valence-corrected chi connectivity index (χ0v) is 14.2. The van der Waals surface area contributed by atoms with Crippen LogP contribution in [0.15, 0.2) is 0 Å². The van der Waals surface area contributed by atoms with Crippen LogP contribution < -0.4 is 5.32 Å². The van der Waals surface area contributed by atoms with Crippen molar-refractivity contribution in [2.24, 2.45) is 5.92 Å². The Hall–Kier alpha value is -1.85. The van der Waals surface area contributed by atoms with Crippen molar-refractivity contribution in [1.82, 2.24) is 15.1 Å². The highest BCUT2D eigenvalue weighted by Crippen LogP contribution is 2.15. The Balaban J connectivity index is 2.57. The molecule has 1 N–H and O–H groups in total. The molecule has 6 nitrogen and oxygen atoms in total. The molecule has 1 aromatic heterocycles. The molecule has 6 heteroatoms. The van der Waals surface area contributed by atoms with Gasteiger partial charge in [-0.25, -0.2) is 0 Å². The maximum Gasteiger partial charge on any atom is 0.310 e. The molecule has 1 heterocycles. The molecular weight excluding hydrogens is 282 g/mol. The molecule has 124 valence electrons. The SMILES string of the molecule is CCCNC(=O)COC(=O)Cc1c(C)nn(CC(C)C)c1C. The quantitative estimate of drug-likeness (QED) is 0.743. The largest absolute Gasteiger partial charge is 0.455 e. The van der Waals surface area contributed by atoms with Gasteiger partial charge in [0.15, 0.2) is 6.61 Å². The lowest BCUT2D eigenvalue weighted by Crippen LogP contribution is -2.29. The average Bonchev–Trinajstić information content (AvgIpc) is 2.69. The first-order valence-electron chi connectivity index (χ1n) is 7.80. The van der Waals surface area contributed by atoms with Crippen LogP contribution in [0, 0.1) is 19.8 Å². The van der Waals surface area contributed by atoms with Gasteiger partial charge < -0.3 is 10.1 Å². The molecule has 0 aliphatic carbocycles. The van der Waals surface area contributed by atoms with Crippen molar-refractivity contribution in [3.63, 3.8) is 0 Å². The van der Waals surface area contributed by atoms with E-state index >= 15 is 0 Å². The zero-order valence-electron chi connectivity index (χ0n) is 14.2. The minimum absolute atomic E-state index is 0.150. The van der Waals surface area contributed by atoms with E-state index in [2.05, 4.69) is 24.3 Å². The lowest BCUT2D eigenvalue weighted by Gasteiger charge is -2.08. The second-order valence-corrected chi connectivity index (χ2v) is 5.91. The average molecular weight is 309 g/mol. The molecule has 1 rings (SSSR count). The molecule has 0 saturated heterocycles. The van der Waals surface area contributed by atoms with Gasteiger partial charge in [0, 0.05) is 24.3 Å². The van der Waals surface area contributed by atoms with Crippen molar-refractivity contribution in [2.45, 2.75) is 54.0 Å². The van der Waals surface area contributed by atoms with Crippen molar-refractivity contribution in [3.8, 4) is 0 Å². The van der Waals surface area contributed by atoms with E-state index in [-0.39, 0.29) is 18.9 Å². The van der Waals surface area contributed by atoms with E-state index in [4.69, 9.17) is 4.74 Å². The smallest absolute Gasteiger partial charge is 0.310 e. The van der Waals surface area contributed by atoms with E-state index < -0.39 is 5.97 Å². The molecule has 0 aromatic carbocycles. The second-order valence-electron chi connectivity index (χ2n) is 5.91. The fourth-order valence-electron chi connectivity index (χ4n) is 2.17. The molecule has 0 saturated carbocycles. The topological polar surface area (TPSA) is 73.2 Å². The number of carbonyl (C=O) groups excluding carboxylic acids is 2. The normalized spacial score (nSPS) is 10.8. The number of aryl methyl sites for hydroxylation is 1. The fourth-order valence-corrected chi connectivity index (χ4v) is 2.17. The van der Waals surface area contributed by atoms with E-state index in [0.29, 0.717) is 12.5 Å². The van der Waals surface area contributed by atoms with Gasteiger partial charge in [0.1, 0.15) is 0 Å². The number of nitrogens with zero attached hydrogens (tertiary/aromatic N) is 2. The minimum Gasteiger partial charge on any atom is -0.455 e. The van der Waals surface area contributed by atoms with Gasteiger partial charge >= 0.3 is 5.97 Å². The molecule has 0 aliphatic rings. The summed E-state index contributed by atoms with van der Waals surface area (Å²) in [6, 6.07) is 0. The molecule has 0 unspecified atom stereocenters. The summed E-state index contributed by atoms with van der Waals surface area (Å²) in [7, 11) is 0. The summed E-state index contributed by atoms with van der Waals surface area (Å²) in [5.74, 6) is -0.179. The van der Waals surface area contributed by atoms with Crippen LogP contribution in [0.3, 0.4) is 0 Å². The molecule has 0 atom stereocenters. The molecule has 0 aliphatic heterocycles. The van der Waals surface area contributed by atoms with Crippen molar-refractivity contribution in [1.29, 1.82) is 0 Å². The summed E-state index contributed by atoms with van der Waals surface area (Å²) in [5.41, 5.74) is 2.71. The minimum atomic E-state index is -0.401. The highest BCUT2D eigenvalue weighted by molar-refractivity contribution is 5.81. The standard InChI is InChI=1S/C16H27N3O3/c1-6-7-17-15(20)10-22-16(21)8-14-12(4)18-19(13(14)5)9-11(2)3/h11H,6-10H2,1-5H3,(H,17,20). The molecule has 0 radical (unpaired) electrons. The van der Waals surface area contributed by atoms with Gasteiger partial charge in [-0.05, 0) is 26.2 Å². The number of rotatable bonds is 8. The summed E-state index contributed by atoms with van der Waals surface area (Å²) in [6.07, 6.45) is 1.00. The predicted octanol–water partition coefficient (Wildman–Crippen LogP) is 1.77. The molecule has 22 heavy (non-hydrogen) atoms. The third kappa shape index (κ3) is 5.50. The Labute approximate surface area is 132 Å². The molecule has 0 bridgehead atoms. The Morgan fingerprint density at radius 1 is 1.32 bits per heavy atom. The van der Waals surface area contributed by atoms with Crippen LogP contribution in [-0.2, 0) is 27.3 Å². The van der Waals surface area contributed by atoms with Crippen LogP contribution in [0.4, 0.5) is 0 Å². The van der Waals surface area contributed by atoms with E-state index in [9.17, 15) is 9.59 Å². The number of carbonyl (C=O) groups is 2. The Kier molecular flexibility index (Phi) is 7.08. The van der Waals surface area contributed by atoms with Crippen LogP contribution in [0.5, 0.6) is 0 Å². The predicted molar refractivity (Wildman–Crippen MR) is 84.5 cm³/mol. The maximum absolute atomic E-state index is 11.9. The van der Waals surface area contributed by atoms with Crippen LogP contribution >= 0.6 is 0 Å². The number of aromatic nitrogens is 2. The van der Waals surface area contributed by atoms with Crippen LogP contribution in [-0.4, -0.2) is 34.8 Å². The van der Waals surface area contributed by atoms with Gasteiger partial charge in [0.25, 0.3) is 5.91 Å². The number of esters is 1. The first-order valence-corrected chi connectivity index (χ1v) is 7.80. The van der Waals surface area contributed by atoms with Gasteiger partial charge in [0.2, 0.25) is 0 Å². The van der Waals surface area contributed by atoms with Gasteiger partial charge in [-0.2, -0.15) is 5.10 Å². The molecule has 1 amide bonds. The van der Waals surface area contributed by atoms with Gasteiger partial charge in [0.05, 0.1) is 12.1 Å². The van der Waals surface area contributed by atoms with Crippen molar-refractivity contribution >= 4 is 11.9 Å². The maximum atomic E-state index is 11.9. The number of hydrogen-bond donors (Lipinski definition) is 1. The Morgan fingerprint density at radius 3 is 2.59 bits per heavy atom. The number of ether oxygens (including phenoxy) is 1. The van der Waals surface area contributed by atoms with E-state index in [1.54, 1.807) is 0 Å². The molecule has 1 aromatic rings. The summed E-state index contributed by atoms with van der Waals surface area (Å²) in [4.78, 5) is 23.3. The van der Waals surface area contributed by atoms with Crippen molar-refractivity contribution in [2.75, 3.05) is 13.2 Å². The third-order valence-electron chi connectivity index (χ3n) is 3.33. The Morgan fingerprint density at radius 2 is 2.00 bits per heavy atom. The summed E-state index contributed by atoms with van der Waals surface area (Å²) >= 11 is 0.